The van der Waals surface area contributed by atoms with Gasteiger partial charge < -0.3 is 18.8 Å². The van der Waals surface area contributed by atoms with Crippen LogP contribution in [0.15, 0.2) is 23.2 Å². The Morgan fingerprint density at radius 3 is 2.30 bits per heavy atom. The highest BCUT2D eigenvalue weighted by atomic mass is 79.9. The zero-order chi connectivity index (χ0) is 22.3. The number of carbonyl (C=O) groups is 2. The van der Waals surface area contributed by atoms with Gasteiger partial charge in [0.05, 0.1) is 24.5 Å². The van der Waals surface area contributed by atoms with Crippen LogP contribution in [0.1, 0.15) is 53.3 Å². The molecule has 2 aromatic heterocycles. The van der Waals surface area contributed by atoms with Crippen molar-refractivity contribution in [2.75, 3.05) is 19.6 Å². The second kappa shape index (κ2) is 8.05. The van der Waals surface area contributed by atoms with Crippen LogP contribution in [0, 0.1) is 0 Å². The van der Waals surface area contributed by atoms with E-state index < -0.39 is 29.4 Å². The number of rotatable bonds is 1. The predicted octanol–water partition coefficient (Wildman–Crippen LogP) is 4.02. The minimum Gasteiger partial charge on any atom is -0.444 e. The second-order valence-electron chi connectivity index (χ2n) is 9.26. The van der Waals surface area contributed by atoms with Gasteiger partial charge >= 0.3 is 12.2 Å². The Morgan fingerprint density at radius 2 is 1.67 bits per heavy atom. The van der Waals surface area contributed by atoms with Crippen molar-refractivity contribution in [3.63, 3.8) is 0 Å². The predicted molar refractivity (Wildman–Crippen MR) is 114 cm³/mol. The molecule has 1 fully saturated rings. The van der Waals surface area contributed by atoms with Gasteiger partial charge in [-0.05, 0) is 57.5 Å². The number of imidazole rings is 1. The molecule has 0 spiro atoms. The van der Waals surface area contributed by atoms with Gasteiger partial charge in [-0.2, -0.15) is 0 Å². The molecule has 3 heterocycles. The number of nitrogens with zero attached hydrogens (tertiary/aromatic N) is 5. The second-order valence-corrected chi connectivity index (χ2v) is 10.1. The molecule has 1 aliphatic rings. The first-order valence-corrected chi connectivity index (χ1v) is 10.6. The van der Waals surface area contributed by atoms with E-state index in [0.29, 0.717) is 29.0 Å². The molecule has 1 saturated heterocycles. The van der Waals surface area contributed by atoms with Crippen molar-refractivity contribution in [3.8, 4) is 0 Å². The summed E-state index contributed by atoms with van der Waals surface area (Å²) in [5.41, 5.74) is 0.0637. The van der Waals surface area contributed by atoms with Crippen LogP contribution >= 0.6 is 15.9 Å². The Kier molecular flexibility index (Phi) is 5.99. The highest BCUT2D eigenvalue weighted by Gasteiger charge is 2.38. The fourth-order valence-corrected chi connectivity index (χ4v) is 3.44. The Hall–Kier alpha value is -2.36. The van der Waals surface area contributed by atoms with Crippen molar-refractivity contribution in [2.45, 2.75) is 58.8 Å². The van der Waals surface area contributed by atoms with E-state index in [1.54, 1.807) is 22.2 Å². The van der Waals surface area contributed by atoms with Crippen LogP contribution in [0.2, 0.25) is 0 Å². The summed E-state index contributed by atoms with van der Waals surface area (Å²) in [7, 11) is 0. The van der Waals surface area contributed by atoms with Crippen LogP contribution < -0.4 is 0 Å². The van der Waals surface area contributed by atoms with E-state index in [1.165, 1.54) is 0 Å². The molecule has 9 nitrogen and oxygen atoms in total. The quantitative estimate of drug-likeness (QED) is 0.610. The lowest BCUT2D eigenvalue weighted by atomic mass is 10.1. The third-order valence-corrected chi connectivity index (χ3v) is 4.74. The Balaban J connectivity index is 1.91. The van der Waals surface area contributed by atoms with Crippen molar-refractivity contribution in [1.82, 2.24) is 24.2 Å². The molecule has 30 heavy (non-hydrogen) atoms. The van der Waals surface area contributed by atoms with Crippen molar-refractivity contribution in [1.29, 1.82) is 0 Å². The molecular formula is C20H28BrN5O4. The maximum absolute atomic E-state index is 12.9. The van der Waals surface area contributed by atoms with Gasteiger partial charge in [-0.1, -0.05) is 0 Å². The molecule has 0 aliphatic carbocycles. The van der Waals surface area contributed by atoms with E-state index in [9.17, 15) is 9.59 Å². The van der Waals surface area contributed by atoms with Crippen LogP contribution in [0.4, 0.5) is 9.59 Å². The lowest BCUT2D eigenvalue weighted by Gasteiger charge is -2.41. The molecule has 0 aromatic carbocycles. The molecule has 0 saturated carbocycles. The van der Waals surface area contributed by atoms with Gasteiger partial charge in [-0.3, -0.25) is 4.90 Å². The van der Waals surface area contributed by atoms with Crippen molar-refractivity contribution < 1.29 is 19.1 Å². The smallest absolute Gasteiger partial charge is 0.410 e. The third-order valence-electron chi connectivity index (χ3n) is 4.33. The van der Waals surface area contributed by atoms with Crippen molar-refractivity contribution >= 4 is 33.8 Å². The lowest BCUT2D eigenvalue weighted by molar-refractivity contribution is -0.0157. The highest BCUT2D eigenvalue weighted by molar-refractivity contribution is 9.10. The van der Waals surface area contributed by atoms with Crippen LogP contribution in [0.5, 0.6) is 0 Å². The fourth-order valence-electron chi connectivity index (χ4n) is 3.12. The van der Waals surface area contributed by atoms with Crippen LogP contribution in [0.25, 0.3) is 5.65 Å². The number of carbonyl (C=O) groups excluding carboxylic acids is 2. The third kappa shape index (κ3) is 5.41. The van der Waals surface area contributed by atoms with Gasteiger partial charge in [0.1, 0.15) is 15.8 Å². The van der Waals surface area contributed by atoms with Crippen molar-refractivity contribution in [2.24, 2.45) is 0 Å². The van der Waals surface area contributed by atoms with E-state index in [1.807, 2.05) is 52.1 Å². The summed E-state index contributed by atoms with van der Waals surface area (Å²) in [4.78, 5) is 37.6. The molecule has 0 radical (unpaired) electrons. The molecule has 3 rings (SSSR count). The molecule has 1 aliphatic heterocycles. The molecule has 10 heteroatoms. The summed E-state index contributed by atoms with van der Waals surface area (Å²) >= 11 is 3.35. The summed E-state index contributed by atoms with van der Waals surface area (Å²) < 4.78 is 13.6. The minimum atomic E-state index is -0.627. The van der Waals surface area contributed by atoms with Gasteiger partial charge in [0, 0.05) is 25.5 Å². The van der Waals surface area contributed by atoms with Crippen LogP contribution in [-0.4, -0.2) is 67.2 Å². The van der Waals surface area contributed by atoms with Gasteiger partial charge in [0.25, 0.3) is 0 Å². The molecule has 2 aromatic rings. The molecule has 2 amide bonds. The SMILES string of the molecule is CC(C)(C)OC(=O)N1CCN(C(=O)OC(C)(C)C)[C@@H](c2cn3cc(Br)ncc3n2)C1. The van der Waals surface area contributed by atoms with Gasteiger partial charge in [0.2, 0.25) is 0 Å². The Bertz CT molecular complexity index is 947. The largest absolute Gasteiger partial charge is 0.444 e. The molecule has 0 bridgehead atoms. The normalized spacial score (nSPS) is 17.9. The zero-order valence-electron chi connectivity index (χ0n) is 18.2. The van der Waals surface area contributed by atoms with Crippen molar-refractivity contribution in [3.05, 3.63) is 28.9 Å². The van der Waals surface area contributed by atoms with Gasteiger partial charge in [0.15, 0.2) is 5.65 Å². The monoisotopic (exact) mass is 481 g/mol. The molecule has 0 N–H and O–H groups in total. The number of ether oxygens (including phenoxy) is 2. The topological polar surface area (TPSA) is 89.3 Å². The van der Waals surface area contributed by atoms with E-state index in [-0.39, 0.29) is 6.54 Å². The molecule has 0 unspecified atom stereocenters. The summed E-state index contributed by atoms with van der Waals surface area (Å²) in [6, 6.07) is -0.472. The number of hydrogen-bond acceptors (Lipinski definition) is 6. The van der Waals surface area contributed by atoms with Crippen LogP contribution in [0.3, 0.4) is 0 Å². The number of halogens is 1. The zero-order valence-corrected chi connectivity index (χ0v) is 19.8. The molecule has 164 valence electrons. The number of fused-ring (bicyclic) bond motifs is 1. The summed E-state index contributed by atoms with van der Waals surface area (Å²) in [6.07, 6.45) is 4.41. The molecular weight excluding hydrogens is 454 g/mol. The summed E-state index contributed by atoms with van der Waals surface area (Å²) in [5.74, 6) is 0. The minimum absolute atomic E-state index is 0.257. The summed E-state index contributed by atoms with van der Waals surface area (Å²) in [6.45, 7) is 11.9. The Morgan fingerprint density at radius 1 is 1.03 bits per heavy atom. The first kappa shape index (κ1) is 22.3. The first-order chi connectivity index (χ1) is 13.8. The maximum Gasteiger partial charge on any atom is 0.410 e. The lowest BCUT2D eigenvalue weighted by Crippen LogP contribution is -2.54. The van der Waals surface area contributed by atoms with E-state index in [4.69, 9.17) is 9.47 Å². The van der Waals surface area contributed by atoms with Crippen LogP contribution in [-0.2, 0) is 9.47 Å². The summed E-state index contributed by atoms with van der Waals surface area (Å²) in [5, 5.41) is 0. The first-order valence-electron chi connectivity index (χ1n) is 9.80. The number of amides is 2. The Labute approximate surface area is 184 Å². The number of aromatic nitrogens is 3. The average molecular weight is 482 g/mol. The van der Waals surface area contributed by atoms with E-state index in [2.05, 4.69) is 25.9 Å². The number of piperazine rings is 1. The maximum atomic E-state index is 12.9. The van der Waals surface area contributed by atoms with Gasteiger partial charge in [-0.25, -0.2) is 19.6 Å². The fraction of sp³-hybridized carbons (Fsp3) is 0.600. The standard InChI is InChI=1S/C20H28BrN5O4/c1-19(2,3)29-17(27)24-7-8-26(18(28)30-20(4,5)6)14(11-24)13-10-25-12-15(21)22-9-16(25)23-13/h9-10,12,14H,7-8,11H2,1-6H3/t14-/m1/s1. The van der Waals surface area contributed by atoms with E-state index in [0.717, 1.165) is 0 Å². The van der Waals surface area contributed by atoms with Gasteiger partial charge in [-0.15, -0.1) is 0 Å². The number of hydrogen-bond donors (Lipinski definition) is 0. The molecule has 1 atom stereocenters. The average Bonchev–Trinajstić information content (AvgIpc) is 3.01. The van der Waals surface area contributed by atoms with E-state index >= 15 is 0 Å². The highest BCUT2D eigenvalue weighted by Crippen LogP contribution is 2.28.